The number of imide groups is 1. The van der Waals surface area contributed by atoms with Crippen LogP contribution in [-0.4, -0.2) is 16.8 Å². The highest BCUT2D eigenvalue weighted by molar-refractivity contribution is 6.25. The molecule has 5 rings (SSSR count). The average Bonchev–Trinajstić information content (AvgIpc) is 3.21. The molecule has 1 aromatic heterocycles. The van der Waals surface area contributed by atoms with Gasteiger partial charge in [-0.2, -0.15) is 0 Å². The first-order valence-electron chi connectivity index (χ1n) is 7.65. The average molecular weight is 290 g/mol. The van der Waals surface area contributed by atoms with E-state index in [9.17, 15) is 9.59 Å². The van der Waals surface area contributed by atoms with Gasteiger partial charge in [0.05, 0.1) is 23.0 Å². The summed E-state index contributed by atoms with van der Waals surface area (Å²) in [4.78, 5) is 31.5. The van der Waals surface area contributed by atoms with Crippen LogP contribution in [-0.2, 0) is 9.59 Å². The van der Waals surface area contributed by atoms with Crippen LogP contribution >= 0.6 is 0 Å². The van der Waals surface area contributed by atoms with Crippen LogP contribution < -0.4 is 4.90 Å². The Morgan fingerprint density at radius 2 is 1.64 bits per heavy atom. The van der Waals surface area contributed by atoms with Crippen molar-refractivity contribution in [2.75, 3.05) is 4.90 Å². The van der Waals surface area contributed by atoms with Gasteiger partial charge in [-0.3, -0.25) is 14.6 Å². The topological polar surface area (TPSA) is 50.3 Å². The summed E-state index contributed by atoms with van der Waals surface area (Å²) in [5.74, 6) is 0.0386. The number of benzene rings is 1. The second kappa shape index (κ2) is 4.03. The van der Waals surface area contributed by atoms with E-state index < -0.39 is 0 Å². The summed E-state index contributed by atoms with van der Waals surface area (Å²) >= 11 is 0. The first-order valence-corrected chi connectivity index (χ1v) is 7.65. The van der Waals surface area contributed by atoms with Crippen LogP contribution in [0.15, 0.2) is 48.7 Å². The Morgan fingerprint density at radius 1 is 0.955 bits per heavy atom. The second-order valence-electron chi connectivity index (χ2n) is 6.36. The molecule has 0 spiro atoms. The molecule has 2 aliphatic carbocycles. The van der Waals surface area contributed by atoms with Crippen LogP contribution in [0.2, 0.25) is 0 Å². The van der Waals surface area contributed by atoms with E-state index in [0.29, 0.717) is 11.2 Å². The van der Waals surface area contributed by atoms with E-state index in [-0.39, 0.29) is 35.5 Å². The van der Waals surface area contributed by atoms with Gasteiger partial charge in [0.15, 0.2) is 0 Å². The molecule has 2 fully saturated rings. The Labute approximate surface area is 127 Å². The summed E-state index contributed by atoms with van der Waals surface area (Å²) in [6.45, 7) is 0. The summed E-state index contributed by atoms with van der Waals surface area (Å²) in [6, 6.07) is 9.45. The molecule has 4 heteroatoms. The molecule has 2 heterocycles. The van der Waals surface area contributed by atoms with Crippen molar-refractivity contribution in [3.05, 3.63) is 48.7 Å². The van der Waals surface area contributed by atoms with Gasteiger partial charge in [-0.25, -0.2) is 4.90 Å². The van der Waals surface area contributed by atoms with E-state index in [1.54, 1.807) is 6.20 Å². The molecule has 0 radical (unpaired) electrons. The predicted molar refractivity (Wildman–Crippen MR) is 82.0 cm³/mol. The van der Waals surface area contributed by atoms with Gasteiger partial charge in [0.2, 0.25) is 11.8 Å². The van der Waals surface area contributed by atoms with E-state index in [1.165, 1.54) is 4.90 Å². The fourth-order valence-corrected chi connectivity index (χ4v) is 4.41. The largest absolute Gasteiger partial charge is 0.274 e. The summed E-state index contributed by atoms with van der Waals surface area (Å²) < 4.78 is 0. The van der Waals surface area contributed by atoms with Crippen molar-refractivity contribution < 1.29 is 9.59 Å². The molecule has 0 N–H and O–H groups in total. The zero-order chi connectivity index (χ0) is 14.8. The second-order valence-corrected chi connectivity index (χ2v) is 6.36. The van der Waals surface area contributed by atoms with Crippen LogP contribution in [0, 0.1) is 23.7 Å². The number of pyridine rings is 1. The highest BCUT2D eigenvalue weighted by Gasteiger charge is 2.59. The molecule has 1 saturated heterocycles. The van der Waals surface area contributed by atoms with Crippen LogP contribution in [0.1, 0.15) is 6.42 Å². The summed E-state index contributed by atoms with van der Waals surface area (Å²) in [5, 5.41) is 0.943. The molecule has 3 aliphatic rings. The minimum absolute atomic E-state index is 0.0509. The number of allylic oxidation sites excluding steroid dienone is 2. The lowest BCUT2D eigenvalue weighted by atomic mass is 9.85. The highest BCUT2D eigenvalue weighted by atomic mass is 16.2. The van der Waals surface area contributed by atoms with Crippen molar-refractivity contribution in [2.45, 2.75) is 6.42 Å². The number of nitrogens with zero attached hydrogens (tertiary/aromatic N) is 2. The number of fused-ring (bicyclic) bond motifs is 6. The Balaban J connectivity index is 1.67. The zero-order valence-electron chi connectivity index (χ0n) is 11.8. The fraction of sp³-hybridized carbons (Fsp3) is 0.278. The summed E-state index contributed by atoms with van der Waals surface area (Å²) in [6.07, 6.45) is 6.88. The van der Waals surface area contributed by atoms with Crippen molar-refractivity contribution >= 4 is 28.4 Å². The maximum atomic E-state index is 12.9. The van der Waals surface area contributed by atoms with Gasteiger partial charge in [0.25, 0.3) is 0 Å². The van der Waals surface area contributed by atoms with Crippen LogP contribution in [0.25, 0.3) is 10.9 Å². The molecule has 22 heavy (non-hydrogen) atoms. The first kappa shape index (κ1) is 12.1. The monoisotopic (exact) mass is 290 g/mol. The van der Waals surface area contributed by atoms with E-state index in [4.69, 9.17) is 0 Å². The number of carbonyl (C=O) groups excluding carboxylic acids is 2. The van der Waals surface area contributed by atoms with Gasteiger partial charge in [-0.05, 0) is 30.4 Å². The van der Waals surface area contributed by atoms with Gasteiger partial charge in [-0.1, -0.05) is 30.4 Å². The number of hydrogen-bond donors (Lipinski definition) is 0. The molecule has 2 amide bonds. The van der Waals surface area contributed by atoms with Crippen molar-refractivity contribution in [2.24, 2.45) is 23.7 Å². The van der Waals surface area contributed by atoms with Gasteiger partial charge in [-0.15, -0.1) is 0 Å². The Morgan fingerprint density at radius 3 is 2.36 bits per heavy atom. The maximum Gasteiger partial charge on any atom is 0.238 e. The Bertz CT molecular complexity index is 822. The minimum atomic E-state index is -0.165. The Kier molecular flexibility index (Phi) is 2.22. The number of amides is 2. The SMILES string of the molecule is O=C1[C@@H]2[C@@H](C(=O)N1c1cccc3cccnc13)[C@@H]1C=C[C@@H]2C1. The molecule has 1 aliphatic heterocycles. The minimum Gasteiger partial charge on any atom is -0.274 e. The number of anilines is 1. The number of carbonyl (C=O) groups is 2. The van der Waals surface area contributed by atoms with Crippen molar-refractivity contribution in [1.29, 1.82) is 0 Å². The number of para-hydroxylation sites is 1. The molecule has 1 aromatic carbocycles. The van der Waals surface area contributed by atoms with E-state index in [1.807, 2.05) is 30.3 Å². The van der Waals surface area contributed by atoms with E-state index in [0.717, 1.165) is 11.8 Å². The molecule has 4 nitrogen and oxygen atoms in total. The molecule has 2 aromatic rings. The third-order valence-electron chi connectivity index (χ3n) is 5.32. The molecule has 4 atom stereocenters. The normalized spacial score (nSPS) is 32.3. The fourth-order valence-electron chi connectivity index (χ4n) is 4.41. The van der Waals surface area contributed by atoms with Gasteiger partial charge >= 0.3 is 0 Å². The van der Waals surface area contributed by atoms with E-state index in [2.05, 4.69) is 17.1 Å². The first-order chi connectivity index (χ1) is 10.8. The molecule has 1 saturated carbocycles. The highest BCUT2D eigenvalue weighted by Crippen LogP contribution is 2.53. The molecule has 2 bridgehead atoms. The number of hydrogen-bond acceptors (Lipinski definition) is 3. The van der Waals surface area contributed by atoms with Gasteiger partial charge in [0, 0.05) is 11.6 Å². The molecule has 108 valence electrons. The van der Waals surface area contributed by atoms with Crippen molar-refractivity contribution in [1.82, 2.24) is 4.98 Å². The lowest BCUT2D eigenvalue weighted by Crippen LogP contribution is -2.33. The van der Waals surface area contributed by atoms with Gasteiger partial charge < -0.3 is 0 Å². The van der Waals surface area contributed by atoms with Crippen LogP contribution in [0.5, 0.6) is 0 Å². The predicted octanol–water partition coefficient (Wildman–Crippen LogP) is 2.55. The molecular formula is C18H14N2O2. The number of aromatic nitrogens is 1. The summed E-state index contributed by atoms with van der Waals surface area (Å²) in [5.41, 5.74) is 1.34. The molecule has 0 unspecified atom stereocenters. The van der Waals surface area contributed by atoms with Crippen molar-refractivity contribution in [3.8, 4) is 0 Å². The third kappa shape index (κ3) is 1.35. The zero-order valence-corrected chi connectivity index (χ0v) is 11.8. The van der Waals surface area contributed by atoms with Crippen molar-refractivity contribution in [3.63, 3.8) is 0 Å². The van der Waals surface area contributed by atoms with Crippen LogP contribution in [0.3, 0.4) is 0 Å². The lowest BCUT2D eigenvalue weighted by molar-refractivity contribution is -0.123. The quantitative estimate of drug-likeness (QED) is 0.599. The number of rotatable bonds is 1. The molecular weight excluding hydrogens is 276 g/mol. The van der Waals surface area contributed by atoms with Gasteiger partial charge in [0.1, 0.15) is 0 Å². The summed E-state index contributed by atoms with van der Waals surface area (Å²) in [7, 11) is 0. The van der Waals surface area contributed by atoms with E-state index >= 15 is 0 Å². The smallest absolute Gasteiger partial charge is 0.238 e. The Hall–Kier alpha value is -2.49. The van der Waals surface area contributed by atoms with Crippen LogP contribution in [0.4, 0.5) is 5.69 Å². The maximum absolute atomic E-state index is 12.9. The lowest BCUT2D eigenvalue weighted by Gasteiger charge is -2.18. The third-order valence-corrected chi connectivity index (χ3v) is 5.32. The standard InChI is InChI=1S/C18H14N2O2/c21-17-14-11-6-7-12(9-11)15(14)18(22)20(17)13-5-1-3-10-4-2-8-19-16(10)13/h1-8,11-12,14-15H,9H2/t11-,12-,14+,15+/m1/s1.